The molecule has 3 aromatic rings. The molecular weight excluding hydrogens is 370 g/mol. The molecule has 0 radical (unpaired) electrons. The van der Waals surface area contributed by atoms with E-state index in [4.69, 9.17) is 8.94 Å². The molecule has 0 bridgehead atoms. The van der Waals surface area contributed by atoms with Gasteiger partial charge in [0.15, 0.2) is 12.2 Å². The molecule has 9 nitrogen and oxygen atoms in total. The smallest absolute Gasteiger partial charge is 0.248 e. The van der Waals surface area contributed by atoms with Gasteiger partial charge >= 0.3 is 0 Å². The third-order valence-electron chi connectivity index (χ3n) is 4.78. The molecule has 0 fully saturated rings. The first-order valence-electron chi connectivity index (χ1n) is 8.83. The maximum Gasteiger partial charge on any atom is 0.248 e. The Morgan fingerprint density at radius 2 is 2.11 bits per heavy atom. The van der Waals surface area contributed by atoms with Gasteiger partial charge < -0.3 is 8.94 Å². The van der Waals surface area contributed by atoms with E-state index in [-0.39, 0.29) is 11.4 Å². The fourth-order valence-electron chi connectivity index (χ4n) is 3.58. The van der Waals surface area contributed by atoms with Crippen LogP contribution in [-0.4, -0.2) is 39.2 Å². The van der Waals surface area contributed by atoms with Gasteiger partial charge in [-0.2, -0.15) is 9.40 Å². The van der Waals surface area contributed by atoms with E-state index in [1.165, 1.54) is 17.0 Å². The van der Waals surface area contributed by atoms with Crippen LogP contribution in [0.2, 0.25) is 0 Å². The van der Waals surface area contributed by atoms with Crippen LogP contribution >= 0.6 is 0 Å². The van der Waals surface area contributed by atoms with Gasteiger partial charge in [-0.05, 0) is 20.3 Å². The van der Waals surface area contributed by atoms with Crippen LogP contribution in [0.4, 0.5) is 0 Å². The molecule has 3 aromatic heterocycles. The maximum absolute atomic E-state index is 13.2. The van der Waals surface area contributed by atoms with E-state index in [0.717, 1.165) is 24.2 Å². The molecule has 0 aliphatic carbocycles. The average Bonchev–Trinajstić information content (AvgIpc) is 3.35. The first kappa shape index (κ1) is 17.9. The number of hydrogen-bond acceptors (Lipinski definition) is 7. The van der Waals surface area contributed by atoms with Gasteiger partial charge in [-0.25, -0.2) is 13.4 Å². The predicted molar refractivity (Wildman–Crippen MR) is 95.3 cm³/mol. The predicted octanol–water partition coefficient (Wildman–Crippen LogP) is 2.30. The Hall–Kier alpha value is -2.46. The Bertz CT molecular complexity index is 1050. The molecule has 4 heterocycles. The summed E-state index contributed by atoms with van der Waals surface area (Å²) >= 11 is 0. The van der Waals surface area contributed by atoms with Gasteiger partial charge in [0.1, 0.15) is 28.2 Å². The van der Waals surface area contributed by atoms with Crippen molar-refractivity contribution in [3.63, 3.8) is 0 Å². The van der Waals surface area contributed by atoms with E-state index < -0.39 is 10.0 Å². The second kappa shape index (κ2) is 6.61. The topological polar surface area (TPSA) is 107 Å². The van der Waals surface area contributed by atoms with Crippen LogP contribution in [0.3, 0.4) is 0 Å². The summed E-state index contributed by atoms with van der Waals surface area (Å²) in [7, 11) is -3.72. The molecule has 0 saturated carbocycles. The summed E-state index contributed by atoms with van der Waals surface area (Å²) in [5, 5.41) is 8.47. The Kier molecular flexibility index (Phi) is 4.39. The second-order valence-electron chi connectivity index (χ2n) is 6.61. The third kappa shape index (κ3) is 2.88. The minimum absolute atomic E-state index is 0.148. The summed E-state index contributed by atoms with van der Waals surface area (Å²) < 4.78 is 40.0. The monoisotopic (exact) mass is 391 g/mol. The van der Waals surface area contributed by atoms with E-state index in [2.05, 4.69) is 22.2 Å². The zero-order valence-electron chi connectivity index (χ0n) is 15.5. The standard InChI is InChI=1S/C17H21N5O4S/c1-4-6-22-15-5-7-21(27(23,24)17-11(2)20-26-12(17)3)8-13(15)16(19-22)14-9-25-10-18-14/h9-10H,4-8H2,1-3H3. The van der Waals surface area contributed by atoms with Gasteiger partial charge in [-0.15, -0.1) is 0 Å². The highest BCUT2D eigenvalue weighted by Gasteiger charge is 2.36. The summed E-state index contributed by atoms with van der Waals surface area (Å²) in [6, 6.07) is 0. The fraction of sp³-hybridized carbons (Fsp3) is 0.471. The Labute approximate surface area is 157 Å². The lowest BCUT2D eigenvalue weighted by molar-refractivity contribution is 0.377. The number of fused-ring (bicyclic) bond motifs is 1. The zero-order chi connectivity index (χ0) is 19.2. The maximum atomic E-state index is 13.2. The lowest BCUT2D eigenvalue weighted by atomic mass is 10.1. The van der Waals surface area contributed by atoms with Crippen molar-refractivity contribution < 1.29 is 17.4 Å². The van der Waals surface area contributed by atoms with Crippen LogP contribution in [0.15, 0.2) is 26.5 Å². The first-order valence-corrected chi connectivity index (χ1v) is 10.3. The van der Waals surface area contributed by atoms with Crippen molar-refractivity contribution in [3.05, 3.63) is 35.4 Å². The van der Waals surface area contributed by atoms with Crippen LogP contribution < -0.4 is 0 Å². The Morgan fingerprint density at radius 3 is 2.74 bits per heavy atom. The van der Waals surface area contributed by atoms with Gasteiger partial charge in [-0.3, -0.25) is 4.68 Å². The number of rotatable bonds is 5. The molecule has 0 N–H and O–H groups in total. The van der Waals surface area contributed by atoms with Gasteiger partial charge in [-0.1, -0.05) is 12.1 Å². The summed E-state index contributed by atoms with van der Waals surface area (Å²) in [6.07, 6.45) is 4.40. The van der Waals surface area contributed by atoms with E-state index >= 15 is 0 Å². The molecule has 0 spiro atoms. The quantitative estimate of drug-likeness (QED) is 0.657. The molecule has 0 aromatic carbocycles. The average molecular weight is 391 g/mol. The molecule has 1 aliphatic heterocycles. The van der Waals surface area contributed by atoms with Crippen molar-refractivity contribution in [2.24, 2.45) is 0 Å². The molecule has 27 heavy (non-hydrogen) atoms. The summed E-state index contributed by atoms with van der Waals surface area (Å²) in [4.78, 5) is 4.35. The van der Waals surface area contributed by atoms with Crippen LogP contribution in [0.25, 0.3) is 11.4 Å². The minimum Gasteiger partial charge on any atom is -0.451 e. The van der Waals surface area contributed by atoms with Crippen LogP contribution in [0.5, 0.6) is 0 Å². The molecule has 0 atom stereocenters. The molecule has 144 valence electrons. The first-order chi connectivity index (χ1) is 12.9. The minimum atomic E-state index is -3.72. The fourth-order valence-corrected chi connectivity index (χ4v) is 5.28. The highest BCUT2D eigenvalue weighted by atomic mass is 32.2. The van der Waals surface area contributed by atoms with Crippen molar-refractivity contribution in [1.82, 2.24) is 24.2 Å². The molecule has 10 heteroatoms. The summed E-state index contributed by atoms with van der Waals surface area (Å²) in [5.74, 6) is 0.302. The highest BCUT2D eigenvalue weighted by Crippen LogP contribution is 2.33. The molecule has 0 amide bonds. The zero-order valence-corrected chi connectivity index (χ0v) is 16.3. The summed E-state index contributed by atoms with van der Waals surface area (Å²) in [6.45, 7) is 6.72. The number of oxazole rings is 1. The molecule has 0 saturated heterocycles. The van der Waals surface area contributed by atoms with Crippen molar-refractivity contribution >= 4 is 10.0 Å². The van der Waals surface area contributed by atoms with E-state index in [0.29, 0.717) is 35.8 Å². The second-order valence-corrected chi connectivity index (χ2v) is 8.49. The van der Waals surface area contributed by atoms with Crippen LogP contribution in [0, 0.1) is 13.8 Å². The number of nitrogens with zero attached hydrogens (tertiary/aromatic N) is 5. The highest BCUT2D eigenvalue weighted by molar-refractivity contribution is 7.89. The number of sulfonamides is 1. The van der Waals surface area contributed by atoms with Crippen molar-refractivity contribution in [2.75, 3.05) is 6.54 Å². The number of hydrogen-bond donors (Lipinski definition) is 0. The largest absolute Gasteiger partial charge is 0.451 e. The van der Waals surface area contributed by atoms with Crippen LogP contribution in [0.1, 0.15) is 36.1 Å². The molecule has 0 unspecified atom stereocenters. The van der Waals surface area contributed by atoms with Gasteiger partial charge in [0.05, 0.1) is 0 Å². The Balaban J connectivity index is 1.77. The molecular formula is C17H21N5O4S. The molecule has 4 rings (SSSR count). The normalized spacial score (nSPS) is 15.2. The molecule has 1 aliphatic rings. The van der Waals surface area contributed by atoms with Gasteiger partial charge in [0, 0.05) is 37.3 Å². The van der Waals surface area contributed by atoms with E-state index in [9.17, 15) is 8.42 Å². The van der Waals surface area contributed by atoms with Gasteiger partial charge in [0.25, 0.3) is 0 Å². The summed E-state index contributed by atoms with van der Waals surface area (Å²) in [5.41, 5.74) is 3.58. The van der Waals surface area contributed by atoms with E-state index in [1.54, 1.807) is 13.8 Å². The SMILES string of the molecule is CCCn1nc(-c2cocn2)c2c1CCN(S(=O)(=O)c1c(C)noc1C)C2. The third-order valence-corrected chi connectivity index (χ3v) is 6.87. The Morgan fingerprint density at radius 1 is 1.30 bits per heavy atom. The van der Waals surface area contributed by atoms with E-state index in [1.807, 2.05) is 4.68 Å². The van der Waals surface area contributed by atoms with Gasteiger partial charge in [0.2, 0.25) is 10.0 Å². The van der Waals surface area contributed by atoms with Crippen molar-refractivity contribution in [2.45, 2.75) is 51.6 Å². The lowest BCUT2D eigenvalue weighted by Crippen LogP contribution is -2.36. The van der Waals surface area contributed by atoms with Crippen LogP contribution in [-0.2, 0) is 29.5 Å². The number of aromatic nitrogens is 4. The lowest BCUT2D eigenvalue weighted by Gasteiger charge is -2.27. The van der Waals surface area contributed by atoms with Crippen molar-refractivity contribution in [1.29, 1.82) is 0 Å². The van der Waals surface area contributed by atoms with Crippen molar-refractivity contribution in [3.8, 4) is 11.4 Å². The number of aryl methyl sites for hydroxylation is 3.